The van der Waals surface area contributed by atoms with Crippen molar-refractivity contribution >= 4 is 23.4 Å². The number of sulfonamides is 1. The molecule has 0 spiro atoms. The van der Waals surface area contributed by atoms with E-state index in [1.54, 1.807) is 19.2 Å². The highest BCUT2D eigenvalue weighted by Crippen LogP contribution is 2.37. The molecular weight excluding hydrogens is 413 g/mol. The summed E-state index contributed by atoms with van der Waals surface area (Å²) in [6, 6.07) is 24.8. The van der Waals surface area contributed by atoms with E-state index in [-0.39, 0.29) is 0 Å². The number of hydrogen-bond donors (Lipinski definition) is 1. The molecule has 158 valence electrons. The van der Waals surface area contributed by atoms with Crippen molar-refractivity contribution in [3.8, 4) is 5.75 Å². The summed E-state index contributed by atoms with van der Waals surface area (Å²) in [6.45, 7) is 2.15. The molecule has 1 unspecified atom stereocenters. The minimum Gasteiger partial charge on any atom is -0.497 e. The van der Waals surface area contributed by atoms with Crippen LogP contribution in [0.15, 0.2) is 83.8 Å². The number of benzene rings is 3. The lowest BCUT2D eigenvalue weighted by Crippen LogP contribution is -2.24. The van der Waals surface area contributed by atoms with Crippen LogP contribution in [0.5, 0.6) is 5.75 Å². The van der Waals surface area contributed by atoms with Gasteiger partial charge in [-0.1, -0.05) is 67.9 Å². The SMILES string of the molecule is CCCCc1ccc(S(=O)(=O)NP(Cc2ccc(OC)cc2)c2ccccc2)cc1. The van der Waals surface area contributed by atoms with Gasteiger partial charge in [-0.05, 0) is 53.5 Å². The van der Waals surface area contributed by atoms with Gasteiger partial charge >= 0.3 is 0 Å². The summed E-state index contributed by atoms with van der Waals surface area (Å²) in [5.41, 5.74) is 2.22. The summed E-state index contributed by atoms with van der Waals surface area (Å²) in [7, 11) is -3.14. The van der Waals surface area contributed by atoms with Crippen LogP contribution < -0.4 is 14.5 Å². The molecule has 0 saturated carbocycles. The summed E-state index contributed by atoms with van der Waals surface area (Å²) in [5.74, 6) is 0.784. The molecule has 0 aliphatic heterocycles. The summed E-state index contributed by atoms with van der Waals surface area (Å²) >= 11 is 0. The predicted octanol–water partition coefficient (Wildman–Crippen LogP) is 5.24. The molecule has 0 saturated heterocycles. The van der Waals surface area contributed by atoms with E-state index < -0.39 is 18.1 Å². The fraction of sp³-hybridized carbons (Fsp3) is 0.250. The zero-order valence-electron chi connectivity index (χ0n) is 17.4. The number of unbranched alkanes of at least 4 members (excludes halogenated alkanes) is 1. The molecule has 0 aliphatic rings. The van der Waals surface area contributed by atoms with Crippen LogP contribution in [0.2, 0.25) is 0 Å². The second-order valence-corrected chi connectivity index (χ2v) is 11.0. The van der Waals surface area contributed by atoms with Crippen LogP contribution in [0.3, 0.4) is 0 Å². The third-order valence-electron chi connectivity index (χ3n) is 4.85. The van der Waals surface area contributed by atoms with Crippen molar-refractivity contribution in [3.05, 3.63) is 90.0 Å². The van der Waals surface area contributed by atoms with Crippen molar-refractivity contribution in [3.63, 3.8) is 0 Å². The highest BCUT2D eigenvalue weighted by atomic mass is 32.2. The molecule has 0 radical (unpaired) electrons. The molecule has 1 N–H and O–H groups in total. The molecule has 4 nitrogen and oxygen atoms in total. The van der Waals surface area contributed by atoms with Crippen molar-refractivity contribution < 1.29 is 13.2 Å². The third kappa shape index (κ3) is 6.15. The number of ether oxygens (including phenoxy) is 1. The van der Waals surface area contributed by atoms with Crippen LogP contribution in [-0.4, -0.2) is 15.5 Å². The van der Waals surface area contributed by atoms with Gasteiger partial charge < -0.3 is 4.74 Å². The number of hydrogen-bond acceptors (Lipinski definition) is 3. The smallest absolute Gasteiger partial charge is 0.244 e. The number of methoxy groups -OCH3 is 1. The first kappa shape index (κ1) is 22.5. The lowest BCUT2D eigenvalue weighted by atomic mass is 10.1. The van der Waals surface area contributed by atoms with Gasteiger partial charge in [-0.25, -0.2) is 8.42 Å². The van der Waals surface area contributed by atoms with Crippen LogP contribution >= 0.6 is 8.07 Å². The van der Waals surface area contributed by atoms with Crippen LogP contribution in [0.25, 0.3) is 0 Å². The van der Waals surface area contributed by atoms with E-state index in [9.17, 15) is 8.42 Å². The molecule has 30 heavy (non-hydrogen) atoms. The molecule has 0 amide bonds. The Hall–Kier alpha value is -2.20. The van der Waals surface area contributed by atoms with Gasteiger partial charge in [0.05, 0.1) is 12.0 Å². The van der Waals surface area contributed by atoms with Gasteiger partial charge in [0.1, 0.15) is 5.75 Å². The standard InChI is InChI=1S/C24H28NO3PS/c1-3-4-8-20-13-17-24(18-14-20)30(26,27)25-29(23-9-6-5-7-10-23)19-21-11-15-22(28-2)16-12-21/h5-7,9-18,25H,3-4,8,19H2,1-2H3. The molecule has 0 bridgehead atoms. The molecule has 3 aromatic rings. The van der Waals surface area contributed by atoms with Crippen molar-refractivity contribution in [2.45, 2.75) is 37.2 Å². The van der Waals surface area contributed by atoms with Crippen molar-refractivity contribution in [1.29, 1.82) is 0 Å². The van der Waals surface area contributed by atoms with Gasteiger partial charge in [-0.3, -0.25) is 0 Å². The van der Waals surface area contributed by atoms with Gasteiger partial charge in [0.25, 0.3) is 0 Å². The van der Waals surface area contributed by atoms with Crippen LogP contribution in [0.1, 0.15) is 30.9 Å². The number of aryl methyl sites for hydroxylation is 1. The van der Waals surface area contributed by atoms with Crippen LogP contribution in [-0.2, 0) is 22.6 Å². The summed E-state index contributed by atoms with van der Waals surface area (Å²) in [4.78, 5) is 0.306. The molecule has 0 fully saturated rings. The van der Waals surface area contributed by atoms with Gasteiger partial charge in [0, 0.05) is 14.2 Å². The number of nitrogens with one attached hydrogen (secondary N) is 1. The van der Waals surface area contributed by atoms with Crippen molar-refractivity contribution in [2.75, 3.05) is 7.11 Å². The quantitative estimate of drug-likeness (QED) is 0.438. The first-order valence-electron chi connectivity index (χ1n) is 10.1. The maximum atomic E-state index is 13.1. The first-order chi connectivity index (χ1) is 14.5. The molecule has 1 atom stereocenters. The Kier molecular flexibility index (Phi) is 8.03. The van der Waals surface area contributed by atoms with E-state index in [1.807, 2.05) is 66.7 Å². The molecular formula is C24H28NO3PS. The van der Waals surface area contributed by atoms with Gasteiger partial charge in [0.15, 0.2) is 0 Å². The van der Waals surface area contributed by atoms with Crippen LogP contribution in [0, 0.1) is 0 Å². The Morgan fingerprint density at radius 3 is 2.10 bits per heavy atom. The molecule has 6 heteroatoms. The van der Waals surface area contributed by atoms with Gasteiger partial charge in [-0.15, -0.1) is 0 Å². The summed E-state index contributed by atoms with van der Waals surface area (Å²) in [6.07, 6.45) is 3.80. The van der Waals surface area contributed by atoms with E-state index in [1.165, 1.54) is 5.56 Å². The van der Waals surface area contributed by atoms with E-state index in [2.05, 4.69) is 11.4 Å². The maximum absolute atomic E-state index is 13.1. The second kappa shape index (κ2) is 10.7. The normalized spacial score (nSPS) is 12.5. The van der Waals surface area contributed by atoms with Gasteiger partial charge in [0.2, 0.25) is 10.0 Å². The van der Waals surface area contributed by atoms with Crippen LogP contribution in [0.4, 0.5) is 0 Å². The Balaban J connectivity index is 1.82. The van der Waals surface area contributed by atoms with E-state index in [0.717, 1.165) is 35.9 Å². The Morgan fingerprint density at radius 2 is 1.50 bits per heavy atom. The van der Waals surface area contributed by atoms with E-state index >= 15 is 0 Å². The van der Waals surface area contributed by atoms with Gasteiger partial charge in [-0.2, -0.15) is 4.49 Å². The zero-order chi connectivity index (χ0) is 21.4. The van der Waals surface area contributed by atoms with Crippen molar-refractivity contribution in [1.82, 2.24) is 4.49 Å². The third-order valence-corrected chi connectivity index (χ3v) is 9.19. The zero-order valence-corrected chi connectivity index (χ0v) is 19.1. The van der Waals surface area contributed by atoms with Crippen molar-refractivity contribution in [2.24, 2.45) is 0 Å². The highest BCUT2D eigenvalue weighted by Gasteiger charge is 2.22. The Labute approximate surface area is 181 Å². The lowest BCUT2D eigenvalue weighted by molar-refractivity contribution is 0.414. The van der Waals surface area contributed by atoms with E-state index in [0.29, 0.717) is 11.1 Å². The topological polar surface area (TPSA) is 55.4 Å². The average molecular weight is 442 g/mol. The lowest BCUT2D eigenvalue weighted by Gasteiger charge is -2.20. The largest absolute Gasteiger partial charge is 0.497 e. The Bertz CT molecular complexity index is 1020. The molecule has 3 aromatic carbocycles. The summed E-state index contributed by atoms with van der Waals surface area (Å²) < 4.78 is 34.4. The Morgan fingerprint density at radius 1 is 0.867 bits per heavy atom. The first-order valence-corrected chi connectivity index (χ1v) is 13.1. The molecule has 0 aliphatic carbocycles. The summed E-state index contributed by atoms with van der Waals surface area (Å²) in [5, 5.41) is 0.992. The predicted molar refractivity (Wildman–Crippen MR) is 125 cm³/mol. The second-order valence-electron chi connectivity index (χ2n) is 7.11. The fourth-order valence-corrected chi connectivity index (χ4v) is 7.16. The monoisotopic (exact) mass is 441 g/mol. The fourth-order valence-electron chi connectivity index (χ4n) is 3.11. The molecule has 0 aromatic heterocycles. The average Bonchev–Trinajstić information content (AvgIpc) is 2.78. The number of rotatable bonds is 10. The highest BCUT2D eigenvalue weighted by molar-refractivity contribution is 7.96. The maximum Gasteiger partial charge on any atom is 0.244 e. The minimum atomic E-state index is -3.62. The molecule has 3 rings (SSSR count). The minimum absolute atomic E-state index is 0.306. The molecule has 0 heterocycles. The van der Waals surface area contributed by atoms with E-state index in [4.69, 9.17) is 4.74 Å².